The van der Waals surface area contributed by atoms with Crippen molar-refractivity contribution in [2.24, 2.45) is 0 Å². The molecule has 4 aromatic carbocycles. The summed E-state index contributed by atoms with van der Waals surface area (Å²) in [5.74, 6) is 0. The van der Waals surface area contributed by atoms with Crippen LogP contribution in [0.3, 0.4) is 0 Å². The normalized spacial score (nSPS) is 12.1. The minimum absolute atomic E-state index is 0.261. The van der Waals surface area contributed by atoms with E-state index >= 15 is 0 Å². The summed E-state index contributed by atoms with van der Waals surface area (Å²) in [7, 11) is 0. The molecular weight excluding hydrogens is 970 g/mol. The van der Waals surface area contributed by atoms with E-state index in [1.54, 1.807) is 72.8 Å². The number of alkyl halides is 9. The zero-order valence-electron chi connectivity index (χ0n) is 34.5. The van der Waals surface area contributed by atoms with Crippen molar-refractivity contribution in [3.05, 3.63) is 162 Å². The van der Waals surface area contributed by atoms with Crippen LogP contribution in [0.1, 0.15) is 16.7 Å². The van der Waals surface area contributed by atoms with E-state index in [2.05, 4.69) is 45.5 Å². The van der Waals surface area contributed by atoms with Gasteiger partial charge in [-0.25, -0.2) is 15.0 Å². The van der Waals surface area contributed by atoms with E-state index in [0.717, 1.165) is 36.4 Å². The van der Waals surface area contributed by atoms with Gasteiger partial charge in [0.2, 0.25) is 0 Å². The molecule has 0 atom stereocenters. The summed E-state index contributed by atoms with van der Waals surface area (Å²) >= 11 is 3.53. The molecule has 6 aromatic heterocycles. The topological polar surface area (TPSA) is 116 Å². The standard InChI is InChI=1S/C48H24F9N9S3/c49-46(50,51)31-10-1-7-25(22-31)34-13-4-16-37(58-34)43-64-61-40(67-43)28-19-29(41-62-65-44(68-41)38-17-5-14-35(59-38)26-8-2-11-32(23-26)47(52,53)54)21-30(20-28)42-63-66-45(69-42)39-18-6-15-36(60-39)27-9-3-12-33(24-27)48(55,56)57/h1-24H. The molecule has 0 N–H and O–H groups in total. The van der Waals surface area contributed by atoms with Crippen molar-refractivity contribution in [2.75, 3.05) is 0 Å². The summed E-state index contributed by atoms with van der Waals surface area (Å²) in [6.07, 6.45) is -13.6. The van der Waals surface area contributed by atoms with Crippen LogP contribution in [0, 0.1) is 0 Å². The molecule has 342 valence electrons. The summed E-state index contributed by atoms with van der Waals surface area (Å²) in [4.78, 5) is 13.8. The van der Waals surface area contributed by atoms with Crippen molar-refractivity contribution in [2.45, 2.75) is 18.5 Å². The Morgan fingerprint density at radius 2 is 0.507 bits per heavy atom. The number of hydrogen-bond acceptors (Lipinski definition) is 12. The first kappa shape index (κ1) is 45.2. The molecule has 0 radical (unpaired) electrons. The Balaban J connectivity index is 1.02. The van der Waals surface area contributed by atoms with Gasteiger partial charge in [0.25, 0.3) is 0 Å². The third kappa shape index (κ3) is 9.74. The molecule has 10 rings (SSSR count). The maximum atomic E-state index is 13.5. The number of halogens is 9. The second-order valence-electron chi connectivity index (χ2n) is 15.0. The number of hydrogen-bond donors (Lipinski definition) is 0. The minimum atomic E-state index is -4.54. The summed E-state index contributed by atoms with van der Waals surface area (Å²) in [5, 5.41) is 29.0. The highest BCUT2D eigenvalue weighted by molar-refractivity contribution is 7.18. The molecule has 0 aliphatic carbocycles. The molecule has 0 bridgehead atoms. The van der Waals surface area contributed by atoms with Gasteiger partial charge in [-0.2, -0.15) is 39.5 Å². The van der Waals surface area contributed by atoms with Gasteiger partial charge in [-0.05, 0) is 91.0 Å². The van der Waals surface area contributed by atoms with Crippen LogP contribution in [0.2, 0.25) is 0 Å². The van der Waals surface area contributed by atoms with E-state index < -0.39 is 35.2 Å². The lowest BCUT2D eigenvalue weighted by Crippen LogP contribution is -2.04. The second-order valence-corrected chi connectivity index (χ2v) is 17.9. The fraction of sp³-hybridized carbons (Fsp3) is 0.0625. The predicted molar refractivity (Wildman–Crippen MR) is 244 cm³/mol. The van der Waals surface area contributed by atoms with Gasteiger partial charge in [0, 0.05) is 33.4 Å². The molecule has 6 heterocycles. The van der Waals surface area contributed by atoms with E-state index in [-0.39, 0.29) is 16.7 Å². The Kier molecular flexibility index (Phi) is 11.7. The maximum Gasteiger partial charge on any atom is 0.416 e. The lowest BCUT2D eigenvalue weighted by atomic mass is 10.1. The highest BCUT2D eigenvalue weighted by atomic mass is 32.1. The largest absolute Gasteiger partial charge is 0.416 e. The molecular formula is C48H24F9N9S3. The molecule has 0 fully saturated rings. The van der Waals surface area contributed by atoms with Gasteiger partial charge in [-0.3, -0.25) is 0 Å². The molecule has 10 aromatic rings. The van der Waals surface area contributed by atoms with Crippen molar-refractivity contribution < 1.29 is 39.5 Å². The van der Waals surface area contributed by atoms with Crippen LogP contribution >= 0.6 is 34.0 Å². The summed E-state index contributed by atoms with van der Waals surface area (Å²) in [6.45, 7) is 0. The second kappa shape index (κ2) is 17.8. The van der Waals surface area contributed by atoms with Crippen molar-refractivity contribution in [3.63, 3.8) is 0 Å². The smallest absolute Gasteiger partial charge is 0.245 e. The molecule has 0 saturated heterocycles. The van der Waals surface area contributed by atoms with E-state index in [9.17, 15) is 39.5 Å². The molecule has 0 aliphatic heterocycles. The van der Waals surface area contributed by atoms with Gasteiger partial charge in [0.05, 0.1) is 33.8 Å². The zero-order chi connectivity index (χ0) is 48.1. The van der Waals surface area contributed by atoms with Gasteiger partial charge >= 0.3 is 18.5 Å². The van der Waals surface area contributed by atoms with Crippen LogP contribution in [0.5, 0.6) is 0 Å². The van der Waals surface area contributed by atoms with E-state index in [4.69, 9.17) is 0 Å². The lowest BCUT2D eigenvalue weighted by molar-refractivity contribution is -0.138. The number of pyridine rings is 3. The Labute approximate surface area is 395 Å². The summed E-state index contributed by atoms with van der Waals surface area (Å²) < 4.78 is 122. The van der Waals surface area contributed by atoms with E-state index in [1.807, 2.05) is 0 Å². The average Bonchev–Trinajstić information content (AvgIpc) is 4.17. The summed E-state index contributed by atoms with van der Waals surface area (Å²) in [6, 6.07) is 34.7. The highest BCUT2D eigenvalue weighted by Gasteiger charge is 2.32. The number of benzene rings is 4. The molecule has 0 amide bonds. The van der Waals surface area contributed by atoms with Crippen LogP contribution in [0.25, 0.3) is 97.6 Å². The van der Waals surface area contributed by atoms with Crippen LogP contribution in [-0.2, 0) is 18.5 Å². The molecule has 69 heavy (non-hydrogen) atoms. The van der Waals surface area contributed by atoms with Crippen LogP contribution in [-0.4, -0.2) is 45.5 Å². The molecule has 9 nitrogen and oxygen atoms in total. The van der Waals surface area contributed by atoms with Gasteiger partial charge in [0.15, 0.2) is 15.0 Å². The van der Waals surface area contributed by atoms with Crippen molar-refractivity contribution in [1.29, 1.82) is 0 Å². The van der Waals surface area contributed by atoms with Crippen LogP contribution < -0.4 is 0 Å². The molecule has 0 aliphatic rings. The molecule has 0 saturated carbocycles. The summed E-state index contributed by atoms with van der Waals surface area (Å²) in [5.41, 5.74) is 2.00. The molecule has 0 spiro atoms. The van der Waals surface area contributed by atoms with Gasteiger partial charge in [0.1, 0.15) is 32.1 Å². The number of rotatable bonds is 9. The Morgan fingerprint density at radius 1 is 0.261 bits per heavy atom. The van der Waals surface area contributed by atoms with Gasteiger partial charge in [-0.1, -0.05) is 88.6 Å². The van der Waals surface area contributed by atoms with E-state index in [1.165, 1.54) is 70.4 Å². The third-order valence-corrected chi connectivity index (χ3v) is 13.3. The fourth-order valence-electron chi connectivity index (χ4n) is 7.04. The Morgan fingerprint density at radius 3 is 0.783 bits per heavy atom. The van der Waals surface area contributed by atoms with Gasteiger partial charge < -0.3 is 0 Å². The van der Waals surface area contributed by atoms with E-state index in [0.29, 0.717) is 80.9 Å². The third-order valence-electron chi connectivity index (χ3n) is 10.3. The quantitative estimate of drug-likeness (QED) is 0.130. The fourth-order valence-corrected chi connectivity index (χ4v) is 9.44. The number of nitrogens with zero attached hydrogens (tertiary/aromatic N) is 9. The monoisotopic (exact) mass is 993 g/mol. The van der Waals surface area contributed by atoms with Gasteiger partial charge in [-0.15, -0.1) is 30.6 Å². The first-order valence-electron chi connectivity index (χ1n) is 20.1. The predicted octanol–water partition coefficient (Wildman–Crippen LogP) is 14.5. The first-order chi connectivity index (χ1) is 33.0. The Bertz CT molecular complexity index is 3150. The Hall–Kier alpha value is -7.62. The zero-order valence-corrected chi connectivity index (χ0v) is 37.0. The SMILES string of the molecule is FC(F)(F)c1cccc(-c2cccc(-c3nnc(-c4cc(-c5nnc(-c6cccc(-c7cccc(C(F)(F)F)c7)n6)s5)cc(-c5nnc(-c6cccc(-c7cccc(C(F)(F)F)c7)n6)s5)c4)s3)n2)c1. The lowest BCUT2D eigenvalue weighted by Gasteiger charge is -2.09. The molecule has 21 heteroatoms. The minimum Gasteiger partial charge on any atom is -0.245 e. The van der Waals surface area contributed by atoms with Crippen molar-refractivity contribution >= 4 is 34.0 Å². The van der Waals surface area contributed by atoms with Crippen LogP contribution in [0.15, 0.2) is 146 Å². The maximum absolute atomic E-state index is 13.5. The average molecular weight is 994 g/mol. The highest BCUT2D eigenvalue weighted by Crippen LogP contribution is 2.41. The first-order valence-corrected chi connectivity index (χ1v) is 22.6. The molecule has 0 unspecified atom stereocenters. The van der Waals surface area contributed by atoms with Crippen molar-refractivity contribution in [3.8, 4) is 97.6 Å². The van der Waals surface area contributed by atoms with Crippen LogP contribution in [0.4, 0.5) is 39.5 Å². The van der Waals surface area contributed by atoms with Crippen molar-refractivity contribution in [1.82, 2.24) is 45.5 Å². The number of aromatic nitrogens is 9.